The molecule has 24 heavy (non-hydrogen) atoms. The van der Waals surface area contributed by atoms with Gasteiger partial charge < -0.3 is 19.4 Å². The van der Waals surface area contributed by atoms with Crippen LogP contribution in [-0.4, -0.2) is 41.0 Å². The van der Waals surface area contributed by atoms with Crippen LogP contribution in [-0.2, 0) is 11.3 Å². The Kier molecular flexibility index (Phi) is 4.99. The molecule has 0 saturated heterocycles. The van der Waals surface area contributed by atoms with E-state index in [1.807, 2.05) is 31.3 Å². The van der Waals surface area contributed by atoms with Crippen LogP contribution in [0.3, 0.4) is 0 Å². The van der Waals surface area contributed by atoms with Crippen LogP contribution in [0.1, 0.15) is 13.8 Å². The molecule has 7 heteroatoms. The van der Waals surface area contributed by atoms with Gasteiger partial charge in [0.1, 0.15) is 13.2 Å². The van der Waals surface area contributed by atoms with Crippen LogP contribution in [0.4, 0.5) is 0 Å². The number of hydrogen-bond acceptors (Lipinski definition) is 5. The molecule has 128 valence electrons. The fourth-order valence-electron chi connectivity index (χ4n) is 2.61. The van der Waals surface area contributed by atoms with Crippen molar-refractivity contribution in [2.75, 3.05) is 20.3 Å². The summed E-state index contributed by atoms with van der Waals surface area (Å²) in [6.45, 7) is 5.86. The van der Waals surface area contributed by atoms with Gasteiger partial charge in [-0.1, -0.05) is 11.8 Å². The van der Waals surface area contributed by atoms with Gasteiger partial charge in [-0.3, -0.25) is 4.79 Å². The van der Waals surface area contributed by atoms with E-state index in [0.29, 0.717) is 13.2 Å². The van der Waals surface area contributed by atoms with Crippen molar-refractivity contribution in [3.63, 3.8) is 0 Å². The van der Waals surface area contributed by atoms with E-state index in [1.54, 1.807) is 7.05 Å². The molecular formula is C17H21N3O3S. The monoisotopic (exact) mass is 347 g/mol. The van der Waals surface area contributed by atoms with Gasteiger partial charge in [-0.2, -0.15) is 0 Å². The van der Waals surface area contributed by atoms with E-state index < -0.39 is 0 Å². The van der Waals surface area contributed by atoms with Crippen LogP contribution < -0.4 is 14.8 Å². The molecular weight excluding hydrogens is 326 g/mol. The first-order valence-corrected chi connectivity index (χ1v) is 8.85. The number of fused-ring (bicyclic) bond motifs is 1. The molecule has 1 atom stereocenters. The third kappa shape index (κ3) is 3.21. The lowest BCUT2D eigenvalue weighted by atomic mass is 10.1. The van der Waals surface area contributed by atoms with E-state index in [-0.39, 0.29) is 11.2 Å². The molecule has 6 nitrogen and oxygen atoms in total. The van der Waals surface area contributed by atoms with Gasteiger partial charge in [0.2, 0.25) is 5.91 Å². The largest absolute Gasteiger partial charge is 0.486 e. The highest BCUT2D eigenvalue weighted by Gasteiger charge is 2.19. The van der Waals surface area contributed by atoms with Crippen LogP contribution >= 0.6 is 11.8 Å². The predicted molar refractivity (Wildman–Crippen MR) is 93.7 cm³/mol. The lowest BCUT2D eigenvalue weighted by Gasteiger charge is -2.19. The Balaban J connectivity index is 1.90. The zero-order valence-corrected chi connectivity index (χ0v) is 14.9. The minimum absolute atomic E-state index is 0.00784. The first kappa shape index (κ1) is 16.7. The summed E-state index contributed by atoms with van der Waals surface area (Å²) in [4.78, 5) is 16.3. The van der Waals surface area contributed by atoms with Crippen molar-refractivity contribution in [1.82, 2.24) is 14.9 Å². The van der Waals surface area contributed by atoms with Gasteiger partial charge in [0, 0.05) is 19.2 Å². The van der Waals surface area contributed by atoms with E-state index in [0.717, 1.165) is 34.5 Å². The molecule has 0 radical (unpaired) electrons. The average Bonchev–Trinajstić information content (AvgIpc) is 3.02. The van der Waals surface area contributed by atoms with Crippen molar-refractivity contribution in [2.24, 2.45) is 0 Å². The zero-order chi connectivity index (χ0) is 17.1. The van der Waals surface area contributed by atoms with Crippen LogP contribution in [0.2, 0.25) is 0 Å². The number of imidazole rings is 1. The number of hydrogen-bond donors (Lipinski definition) is 1. The molecule has 0 aliphatic carbocycles. The molecule has 1 N–H and O–H groups in total. The minimum atomic E-state index is -0.198. The summed E-state index contributed by atoms with van der Waals surface area (Å²) < 4.78 is 13.3. The summed E-state index contributed by atoms with van der Waals surface area (Å²) in [6.07, 6.45) is 1.84. The summed E-state index contributed by atoms with van der Waals surface area (Å²) >= 11 is 1.46. The number of nitrogens with zero attached hydrogens (tertiary/aromatic N) is 2. The summed E-state index contributed by atoms with van der Waals surface area (Å²) in [7, 11) is 1.65. The standard InChI is InChI=1S/C17H21N3O3S/c1-4-20-13(10-19-17(20)24-11(2)16(21)18-3)12-5-6-14-15(9-12)23-8-7-22-14/h5-6,9-11H,4,7-8H2,1-3H3,(H,18,21)/t11-/m1/s1. The third-order valence-corrected chi connectivity index (χ3v) is 4.98. The second-order valence-electron chi connectivity index (χ2n) is 5.40. The summed E-state index contributed by atoms with van der Waals surface area (Å²) in [6, 6.07) is 5.92. The second kappa shape index (κ2) is 7.17. The lowest BCUT2D eigenvalue weighted by molar-refractivity contribution is -0.119. The molecule has 1 aliphatic rings. The fraction of sp³-hybridized carbons (Fsp3) is 0.412. The summed E-state index contributed by atoms with van der Waals surface area (Å²) in [5, 5.41) is 3.30. The number of carbonyl (C=O) groups is 1. The smallest absolute Gasteiger partial charge is 0.233 e. The molecule has 2 aromatic rings. The van der Waals surface area contributed by atoms with Crippen molar-refractivity contribution < 1.29 is 14.3 Å². The van der Waals surface area contributed by atoms with Crippen LogP contribution in [0.25, 0.3) is 11.3 Å². The third-order valence-electron chi connectivity index (χ3n) is 3.87. The van der Waals surface area contributed by atoms with E-state index >= 15 is 0 Å². The predicted octanol–water partition coefficient (Wildman–Crippen LogP) is 2.57. The zero-order valence-electron chi connectivity index (χ0n) is 14.0. The number of carbonyl (C=O) groups excluding carboxylic acids is 1. The van der Waals surface area contributed by atoms with E-state index in [1.165, 1.54) is 11.8 Å². The highest BCUT2D eigenvalue weighted by atomic mass is 32.2. The highest BCUT2D eigenvalue weighted by molar-refractivity contribution is 8.00. The Labute approximate surface area is 145 Å². The van der Waals surface area contributed by atoms with Gasteiger partial charge in [-0.15, -0.1) is 0 Å². The van der Waals surface area contributed by atoms with Gasteiger partial charge in [-0.05, 0) is 32.0 Å². The molecule has 2 heterocycles. The lowest BCUT2D eigenvalue weighted by Crippen LogP contribution is -2.27. The Morgan fingerprint density at radius 3 is 2.83 bits per heavy atom. The molecule has 0 unspecified atom stereocenters. The van der Waals surface area contributed by atoms with Gasteiger partial charge in [0.25, 0.3) is 0 Å². The minimum Gasteiger partial charge on any atom is -0.486 e. The SMILES string of the molecule is CCn1c(-c2ccc3c(c2)OCCO3)cnc1S[C@H](C)C(=O)NC. The molecule has 1 aliphatic heterocycles. The van der Waals surface area contributed by atoms with Gasteiger partial charge >= 0.3 is 0 Å². The van der Waals surface area contributed by atoms with E-state index in [4.69, 9.17) is 9.47 Å². The first-order chi connectivity index (χ1) is 11.6. The maximum absolute atomic E-state index is 11.8. The Bertz CT molecular complexity index is 745. The molecule has 0 bridgehead atoms. The van der Waals surface area contributed by atoms with Crippen molar-refractivity contribution >= 4 is 17.7 Å². The number of aromatic nitrogens is 2. The highest BCUT2D eigenvalue weighted by Crippen LogP contribution is 2.36. The van der Waals surface area contributed by atoms with Crippen LogP contribution in [0.15, 0.2) is 29.6 Å². The number of benzene rings is 1. The Morgan fingerprint density at radius 1 is 1.38 bits per heavy atom. The van der Waals surface area contributed by atoms with Crippen LogP contribution in [0.5, 0.6) is 11.5 Å². The topological polar surface area (TPSA) is 65.4 Å². The van der Waals surface area contributed by atoms with Crippen molar-refractivity contribution in [3.05, 3.63) is 24.4 Å². The van der Waals surface area contributed by atoms with E-state index in [2.05, 4.69) is 21.8 Å². The number of rotatable bonds is 5. The maximum atomic E-state index is 11.8. The summed E-state index contributed by atoms with van der Waals surface area (Å²) in [5.74, 6) is 1.53. The number of amides is 1. The number of thioether (sulfide) groups is 1. The average molecular weight is 347 g/mol. The fourth-order valence-corrected chi connectivity index (χ4v) is 3.62. The molecule has 0 fully saturated rings. The Morgan fingerprint density at radius 2 is 2.12 bits per heavy atom. The maximum Gasteiger partial charge on any atom is 0.233 e. The Hall–Kier alpha value is -2.15. The molecule has 0 saturated carbocycles. The van der Waals surface area contributed by atoms with Crippen LogP contribution in [0, 0.1) is 0 Å². The molecule has 1 aromatic carbocycles. The number of nitrogens with one attached hydrogen (secondary N) is 1. The van der Waals surface area contributed by atoms with Crippen molar-refractivity contribution in [1.29, 1.82) is 0 Å². The number of ether oxygens (including phenoxy) is 2. The van der Waals surface area contributed by atoms with Gasteiger partial charge in [-0.25, -0.2) is 4.98 Å². The molecule has 0 spiro atoms. The quantitative estimate of drug-likeness (QED) is 0.842. The van der Waals surface area contributed by atoms with Gasteiger partial charge in [0.15, 0.2) is 16.7 Å². The molecule has 3 rings (SSSR count). The van der Waals surface area contributed by atoms with Gasteiger partial charge in [0.05, 0.1) is 17.1 Å². The van der Waals surface area contributed by atoms with Crippen molar-refractivity contribution in [3.8, 4) is 22.8 Å². The molecule has 1 amide bonds. The second-order valence-corrected chi connectivity index (χ2v) is 6.71. The normalized spacial score (nSPS) is 14.3. The van der Waals surface area contributed by atoms with E-state index in [9.17, 15) is 4.79 Å². The van der Waals surface area contributed by atoms with Crippen molar-refractivity contribution in [2.45, 2.75) is 30.8 Å². The molecule has 1 aromatic heterocycles. The first-order valence-electron chi connectivity index (χ1n) is 7.97. The summed E-state index contributed by atoms with van der Waals surface area (Å²) in [5.41, 5.74) is 2.02.